The van der Waals surface area contributed by atoms with Crippen molar-refractivity contribution in [2.75, 3.05) is 25.1 Å². The van der Waals surface area contributed by atoms with Crippen LogP contribution in [-0.4, -0.2) is 42.2 Å². The Balaban J connectivity index is 2.18. The van der Waals surface area contributed by atoms with E-state index in [4.69, 9.17) is 5.73 Å². The largest absolute Gasteiger partial charge is 0.397 e. The van der Waals surface area contributed by atoms with Crippen molar-refractivity contribution in [3.8, 4) is 0 Å². The quantitative estimate of drug-likeness (QED) is 0.735. The van der Waals surface area contributed by atoms with Gasteiger partial charge < -0.3 is 21.1 Å². The Hall–Kier alpha value is -1.75. The summed E-state index contributed by atoms with van der Waals surface area (Å²) in [5.41, 5.74) is 7.87. The summed E-state index contributed by atoms with van der Waals surface area (Å²) in [6, 6.07) is 5.23. The van der Waals surface area contributed by atoms with Crippen molar-refractivity contribution < 1.29 is 9.90 Å². The van der Waals surface area contributed by atoms with Crippen LogP contribution < -0.4 is 11.1 Å². The number of aliphatic hydroxyl groups is 1. The van der Waals surface area contributed by atoms with Gasteiger partial charge in [-0.25, -0.2) is 0 Å². The second-order valence-corrected chi connectivity index (χ2v) is 5.60. The lowest BCUT2D eigenvalue weighted by Crippen LogP contribution is -2.36. The molecule has 2 unspecified atom stereocenters. The number of aliphatic hydroxyl groups excluding tert-OH is 1. The van der Waals surface area contributed by atoms with Gasteiger partial charge in [-0.1, -0.05) is 12.8 Å². The van der Waals surface area contributed by atoms with Gasteiger partial charge in [0.1, 0.15) is 0 Å². The third-order valence-corrected chi connectivity index (χ3v) is 3.78. The molecule has 0 aliphatic heterocycles. The first-order chi connectivity index (χ1) is 9.49. The summed E-state index contributed by atoms with van der Waals surface area (Å²) in [5, 5.41) is 13.3. The van der Waals surface area contributed by atoms with Gasteiger partial charge in [0.2, 0.25) is 0 Å². The molecular formula is C15H23N3O2. The van der Waals surface area contributed by atoms with E-state index in [1.165, 1.54) is 4.90 Å². The molecule has 0 saturated heterocycles. The number of hydrogen-bond donors (Lipinski definition) is 3. The zero-order valence-electron chi connectivity index (χ0n) is 12.1. The van der Waals surface area contributed by atoms with E-state index >= 15 is 0 Å². The highest BCUT2D eigenvalue weighted by Gasteiger charge is 2.23. The Bertz CT molecular complexity index is 488. The summed E-state index contributed by atoms with van der Waals surface area (Å²) in [5.74, 6) is -0.0581. The van der Waals surface area contributed by atoms with E-state index in [9.17, 15) is 9.90 Å². The molecule has 0 radical (unpaired) electrons. The van der Waals surface area contributed by atoms with E-state index in [0.717, 1.165) is 31.4 Å². The molecule has 1 aliphatic carbocycles. The maximum atomic E-state index is 12.0. The van der Waals surface area contributed by atoms with Crippen molar-refractivity contribution in [3.05, 3.63) is 23.8 Å². The van der Waals surface area contributed by atoms with Crippen LogP contribution in [0, 0.1) is 0 Å². The van der Waals surface area contributed by atoms with Crippen LogP contribution in [-0.2, 0) is 0 Å². The van der Waals surface area contributed by atoms with Gasteiger partial charge in [-0.2, -0.15) is 0 Å². The normalized spacial score (nSPS) is 22.4. The minimum atomic E-state index is -0.351. The molecule has 5 nitrogen and oxygen atoms in total. The maximum absolute atomic E-state index is 12.0. The first-order valence-corrected chi connectivity index (χ1v) is 7.05. The molecule has 20 heavy (non-hydrogen) atoms. The molecule has 5 heteroatoms. The van der Waals surface area contributed by atoms with E-state index < -0.39 is 0 Å². The van der Waals surface area contributed by atoms with Gasteiger partial charge >= 0.3 is 0 Å². The molecular weight excluding hydrogens is 254 g/mol. The van der Waals surface area contributed by atoms with Crippen molar-refractivity contribution in [2.24, 2.45) is 0 Å². The molecule has 0 bridgehead atoms. The van der Waals surface area contributed by atoms with Crippen molar-refractivity contribution in [1.82, 2.24) is 4.90 Å². The van der Waals surface area contributed by atoms with Crippen LogP contribution in [0.5, 0.6) is 0 Å². The van der Waals surface area contributed by atoms with Gasteiger partial charge in [-0.15, -0.1) is 0 Å². The van der Waals surface area contributed by atoms with Crippen LogP contribution in [0.3, 0.4) is 0 Å². The Kier molecular flexibility index (Phi) is 4.49. The smallest absolute Gasteiger partial charge is 0.253 e. The zero-order chi connectivity index (χ0) is 14.7. The summed E-state index contributed by atoms with van der Waals surface area (Å²) < 4.78 is 0. The second-order valence-electron chi connectivity index (χ2n) is 5.60. The Morgan fingerprint density at radius 2 is 2.05 bits per heavy atom. The number of nitrogens with two attached hydrogens (primary N) is 1. The predicted molar refractivity (Wildman–Crippen MR) is 80.8 cm³/mol. The Morgan fingerprint density at radius 1 is 1.35 bits per heavy atom. The molecule has 1 aliphatic rings. The number of nitrogens with zero attached hydrogens (tertiary/aromatic N) is 1. The Morgan fingerprint density at radius 3 is 2.70 bits per heavy atom. The fourth-order valence-corrected chi connectivity index (χ4v) is 2.55. The third kappa shape index (κ3) is 3.22. The topological polar surface area (TPSA) is 78.6 Å². The molecule has 0 spiro atoms. The van der Waals surface area contributed by atoms with E-state index in [2.05, 4.69) is 5.32 Å². The Labute approximate surface area is 119 Å². The highest BCUT2D eigenvalue weighted by Crippen LogP contribution is 2.26. The molecule has 2 rings (SSSR count). The summed E-state index contributed by atoms with van der Waals surface area (Å²) >= 11 is 0. The number of nitrogens with one attached hydrogen (secondary N) is 1. The van der Waals surface area contributed by atoms with E-state index in [1.54, 1.807) is 32.3 Å². The van der Waals surface area contributed by atoms with Gasteiger partial charge in [0.05, 0.1) is 23.5 Å². The molecule has 1 amide bonds. The monoisotopic (exact) mass is 277 g/mol. The average Bonchev–Trinajstić information content (AvgIpc) is 2.42. The molecule has 4 N–H and O–H groups in total. The predicted octanol–water partition coefficient (Wildman–Crippen LogP) is 1.69. The third-order valence-electron chi connectivity index (χ3n) is 3.78. The average molecular weight is 277 g/mol. The number of hydrogen-bond acceptors (Lipinski definition) is 4. The van der Waals surface area contributed by atoms with Crippen LogP contribution in [0.4, 0.5) is 11.4 Å². The number of nitrogen functional groups attached to an aromatic ring is 1. The van der Waals surface area contributed by atoms with Gasteiger partial charge in [0.15, 0.2) is 0 Å². The number of rotatable bonds is 3. The van der Waals surface area contributed by atoms with Crippen molar-refractivity contribution in [1.29, 1.82) is 0 Å². The summed E-state index contributed by atoms with van der Waals surface area (Å²) in [7, 11) is 3.44. The number of carbonyl (C=O) groups excluding carboxylic acids is 1. The lowest BCUT2D eigenvalue weighted by Gasteiger charge is -2.29. The lowest BCUT2D eigenvalue weighted by molar-refractivity contribution is 0.0827. The van der Waals surface area contributed by atoms with Crippen LogP contribution >= 0.6 is 0 Å². The number of anilines is 2. The molecule has 1 saturated carbocycles. The van der Waals surface area contributed by atoms with Crippen molar-refractivity contribution in [3.63, 3.8) is 0 Å². The molecule has 1 aromatic rings. The number of carbonyl (C=O) groups is 1. The van der Waals surface area contributed by atoms with Crippen LogP contribution in [0.25, 0.3) is 0 Å². The molecule has 1 aromatic carbocycles. The van der Waals surface area contributed by atoms with Crippen molar-refractivity contribution in [2.45, 2.75) is 37.8 Å². The first-order valence-electron chi connectivity index (χ1n) is 7.05. The summed E-state index contributed by atoms with van der Waals surface area (Å²) in [4.78, 5) is 13.5. The molecule has 110 valence electrons. The van der Waals surface area contributed by atoms with Crippen LogP contribution in [0.2, 0.25) is 0 Å². The molecule has 1 fully saturated rings. The second kappa shape index (κ2) is 6.13. The van der Waals surface area contributed by atoms with Gasteiger partial charge in [-0.3, -0.25) is 4.79 Å². The number of benzene rings is 1. The van der Waals surface area contributed by atoms with Gasteiger partial charge in [0, 0.05) is 19.7 Å². The first kappa shape index (κ1) is 14.7. The standard InChI is InChI=1S/C15H23N3O2/c1-18(2)15(20)10-7-8-11(16)13(9-10)17-12-5-3-4-6-14(12)19/h7-9,12,14,17,19H,3-6,16H2,1-2H3. The molecule has 2 atom stereocenters. The molecule has 0 heterocycles. The fraction of sp³-hybridized carbons (Fsp3) is 0.533. The molecule has 0 aromatic heterocycles. The SMILES string of the molecule is CN(C)C(=O)c1ccc(N)c(NC2CCCCC2O)c1. The van der Waals surface area contributed by atoms with E-state index in [-0.39, 0.29) is 18.1 Å². The summed E-state index contributed by atoms with van der Waals surface area (Å²) in [6.07, 6.45) is 3.55. The van der Waals surface area contributed by atoms with E-state index in [0.29, 0.717) is 11.3 Å². The minimum absolute atomic E-state index is 0.00996. The van der Waals surface area contributed by atoms with Crippen LogP contribution in [0.1, 0.15) is 36.0 Å². The summed E-state index contributed by atoms with van der Waals surface area (Å²) in [6.45, 7) is 0. The zero-order valence-corrected chi connectivity index (χ0v) is 12.1. The number of amides is 1. The van der Waals surface area contributed by atoms with Gasteiger partial charge in [-0.05, 0) is 31.0 Å². The highest BCUT2D eigenvalue weighted by atomic mass is 16.3. The minimum Gasteiger partial charge on any atom is -0.397 e. The van der Waals surface area contributed by atoms with Gasteiger partial charge in [0.25, 0.3) is 5.91 Å². The maximum Gasteiger partial charge on any atom is 0.253 e. The lowest BCUT2D eigenvalue weighted by atomic mass is 9.92. The van der Waals surface area contributed by atoms with Crippen molar-refractivity contribution >= 4 is 17.3 Å². The highest BCUT2D eigenvalue weighted by molar-refractivity contribution is 5.95. The van der Waals surface area contributed by atoms with E-state index in [1.807, 2.05) is 0 Å². The fourth-order valence-electron chi connectivity index (χ4n) is 2.55. The van der Waals surface area contributed by atoms with Crippen LogP contribution in [0.15, 0.2) is 18.2 Å².